The minimum Gasteiger partial charge on any atom is -0.413 e. The smallest absolute Gasteiger partial charge is 0.413 e. The Balaban J connectivity index is 1.72. The van der Waals surface area contributed by atoms with Crippen LogP contribution in [0.15, 0.2) is 135 Å². The van der Waals surface area contributed by atoms with Crippen LogP contribution in [0.25, 0.3) is 0 Å². The number of hydrogen-bond donors (Lipinski definition) is 2. The normalized spacial score (nSPS) is 16.8. The second-order valence-corrected chi connectivity index (χ2v) is 13.3. The summed E-state index contributed by atoms with van der Waals surface area (Å²) >= 11 is 0. The lowest BCUT2D eigenvalue weighted by atomic mass is 10.3. The van der Waals surface area contributed by atoms with Crippen molar-refractivity contribution in [1.29, 1.82) is 0 Å². The third kappa shape index (κ3) is 6.08. The summed E-state index contributed by atoms with van der Waals surface area (Å²) in [4.78, 5) is 21.9. The van der Waals surface area contributed by atoms with Crippen molar-refractivity contribution in [3.05, 3.63) is 121 Å². The van der Waals surface area contributed by atoms with Gasteiger partial charge in [0, 0.05) is 0 Å². The molecule has 0 radical (unpaired) electrons. The first-order valence-electron chi connectivity index (χ1n) is 10.8. The first-order valence-corrected chi connectivity index (χ1v) is 15.5. The van der Waals surface area contributed by atoms with Gasteiger partial charge in [0.1, 0.15) is 23.0 Å². The molecule has 184 valence electrons. The van der Waals surface area contributed by atoms with Crippen LogP contribution in [0.5, 0.6) is 23.0 Å². The third-order valence-electron chi connectivity index (χ3n) is 4.56. The highest BCUT2D eigenvalue weighted by molar-refractivity contribution is 7.78. The van der Waals surface area contributed by atoms with Gasteiger partial charge in [0.15, 0.2) is 0 Å². The van der Waals surface area contributed by atoms with Crippen LogP contribution in [0.4, 0.5) is 0 Å². The lowest BCUT2D eigenvalue weighted by Gasteiger charge is -2.30. The summed E-state index contributed by atoms with van der Waals surface area (Å²) in [5, 5.41) is 0. The highest BCUT2D eigenvalue weighted by Gasteiger charge is 2.44. The lowest BCUT2D eigenvalue weighted by molar-refractivity contribution is 0.439. The first-order chi connectivity index (χ1) is 17.4. The zero-order valence-corrected chi connectivity index (χ0v) is 21.4. The fraction of sp³-hybridized carbons (Fsp3) is 0. The van der Waals surface area contributed by atoms with Crippen molar-refractivity contribution in [2.75, 3.05) is 0 Å². The van der Waals surface area contributed by atoms with Gasteiger partial charge in [-0.15, -0.1) is 9.03 Å². The molecular formula is C24H22N3O6P3. The van der Waals surface area contributed by atoms with Crippen LogP contribution in [-0.2, 0) is 0 Å². The van der Waals surface area contributed by atoms with Crippen molar-refractivity contribution >= 4 is 23.0 Å². The zero-order chi connectivity index (χ0) is 24.9. The van der Waals surface area contributed by atoms with E-state index in [4.69, 9.17) is 22.6 Å². The summed E-state index contributed by atoms with van der Waals surface area (Å²) in [6, 6.07) is 35.0. The molecule has 0 saturated heterocycles. The Morgan fingerprint density at radius 3 is 0.972 bits per heavy atom. The van der Waals surface area contributed by atoms with Crippen LogP contribution in [0.1, 0.15) is 0 Å². The van der Waals surface area contributed by atoms with Crippen LogP contribution in [0, 0.1) is 0 Å². The van der Waals surface area contributed by atoms with E-state index in [1.54, 1.807) is 97.1 Å². The Kier molecular flexibility index (Phi) is 7.01. The van der Waals surface area contributed by atoms with E-state index in [0.717, 1.165) is 0 Å². The SMILES string of the molecule is OP1(O)=NP(Oc2ccccc2)(Oc2ccccc2)=NP(Oc2ccccc2)(Oc2ccccc2)=N1. The molecule has 4 aromatic rings. The molecule has 0 atom stereocenters. The number of para-hydroxylation sites is 4. The lowest BCUT2D eigenvalue weighted by Crippen LogP contribution is -2.07. The van der Waals surface area contributed by atoms with Crippen molar-refractivity contribution in [2.24, 2.45) is 13.5 Å². The summed E-state index contributed by atoms with van der Waals surface area (Å²) in [5.74, 6) is 1.48. The van der Waals surface area contributed by atoms with Gasteiger partial charge in [-0.3, -0.25) is 0 Å². The van der Waals surface area contributed by atoms with Crippen molar-refractivity contribution in [3.63, 3.8) is 0 Å². The number of rotatable bonds is 8. The summed E-state index contributed by atoms with van der Waals surface area (Å²) in [6.45, 7) is 0. The molecule has 0 spiro atoms. The Morgan fingerprint density at radius 2 is 0.667 bits per heavy atom. The molecule has 1 aliphatic heterocycles. The standard InChI is InChI=1S/C24H22N3O6P3/c28-34(29)25-35(30-21-13-5-1-6-14-21,31-22-15-7-2-8-16-22)27-36(26-34,32-23-17-9-3-10-18-23)33-24-19-11-4-12-20-24/h1-20,28-29H. The molecule has 12 heteroatoms. The fourth-order valence-electron chi connectivity index (χ4n) is 3.16. The average molecular weight is 541 g/mol. The molecule has 0 amide bonds. The summed E-state index contributed by atoms with van der Waals surface area (Å²) in [5.41, 5.74) is 0. The molecule has 5 rings (SSSR count). The van der Waals surface area contributed by atoms with Crippen LogP contribution < -0.4 is 18.1 Å². The van der Waals surface area contributed by atoms with E-state index in [2.05, 4.69) is 9.03 Å². The topological polar surface area (TPSA) is 114 Å². The first kappa shape index (κ1) is 24.4. The molecule has 4 aromatic carbocycles. The van der Waals surface area contributed by atoms with E-state index in [-0.39, 0.29) is 0 Å². The molecule has 0 aromatic heterocycles. The predicted molar refractivity (Wildman–Crippen MR) is 141 cm³/mol. The van der Waals surface area contributed by atoms with Crippen molar-refractivity contribution in [1.82, 2.24) is 0 Å². The second kappa shape index (κ2) is 10.4. The monoisotopic (exact) mass is 541 g/mol. The van der Waals surface area contributed by atoms with Crippen molar-refractivity contribution in [3.8, 4) is 23.0 Å². The Morgan fingerprint density at radius 1 is 0.389 bits per heavy atom. The largest absolute Gasteiger partial charge is 0.459 e. The third-order valence-corrected chi connectivity index (χ3v) is 11.9. The maximum Gasteiger partial charge on any atom is 0.459 e. The van der Waals surface area contributed by atoms with Gasteiger partial charge < -0.3 is 27.9 Å². The van der Waals surface area contributed by atoms with Crippen molar-refractivity contribution in [2.45, 2.75) is 0 Å². The molecule has 0 aliphatic carbocycles. The van der Waals surface area contributed by atoms with Gasteiger partial charge in [-0.25, -0.2) is 0 Å². The highest BCUT2D eigenvalue weighted by atomic mass is 31.3. The van der Waals surface area contributed by atoms with Crippen LogP contribution in [-0.4, -0.2) is 9.79 Å². The number of hydrogen-bond acceptors (Lipinski definition) is 7. The molecular weight excluding hydrogens is 519 g/mol. The minimum atomic E-state index is -4.37. The molecule has 2 N–H and O–H groups in total. The van der Waals surface area contributed by atoms with Gasteiger partial charge >= 0.3 is 23.0 Å². The van der Waals surface area contributed by atoms with Gasteiger partial charge in [-0.1, -0.05) is 77.3 Å². The van der Waals surface area contributed by atoms with E-state index < -0.39 is 23.0 Å². The van der Waals surface area contributed by atoms with Crippen molar-refractivity contribution < 1.29 is 27.9 Å². The predicted octanol–water partition coefficient (Wildman–Crippen LogP) is 8.14. The van der Waals surface area contributed by atoms with Gasteiger partial charge in [0.2, 0.25) is 0 Å². The number of nitrogens with zero attached hydrogens (tertiary/aromatic N) is 3. The van der Waals surface area contributed by atoms with E-state index in [0.29, 0.717) is 23.0 Å². The second-order valence-electron chi connectivity index (χ2n) is 7.40. The maximum atomic E-state index is 11.0. The number of benzene rings is 4. The van der Waals surface area contributed by atoms with Gasteiger partial charge in [0.05, 0.1) is 0 Å². The Bertz CT molecular complexity index is 1300. The highest BCUT2D eigenvalue weighted by Crippen LogP contribution is 2.76. The van der Waals surface area contributed by atoms with E-state index in [1.165, 1.54) is 0 Å². The van der Waals surface area contributed by atoms with E-state index in [9.17, 15) is 9.79 Å². The molecule has 0 saturated carbocycles. The average Bonchev–Trinajstić information content (AvgIpc) is 2.85. The van der Waals surface area contributed by atoms with Gasteiger partial charge in [-0.2, -0.15) is 0 Å². The molecule has 0 unspecified atom stereocenters. The Hall–Kier alpha value is -3.31. The van der Waals surface area contributed by atoms with Crippen LogP contribution in [0.3, 0.4) is 0 Å². The van der Waals surface area contributed by atoms with Gasteiger partial charge in [-0.05, 0) is 48.5 Å². The molecule has 0 bridgehead atoms. The molecule has 1 heterocycles. The maximum absolute atomic E-state index is 11.0. The molecule has 9 nitrogen and oxygen atoms in total. The van der Waals surface area contributed by atoms with Crippen LogP contribution in [0.2, 0.25) is 0 Å². The fourth-order valence-corrected chi connectivity index (χ4v) is 11.0. The van der Waals surface area contributed by atoms with E-state index in [1.807, 2.05) is 24.3 Å². The molecule has 36 heavy (non-hydrogen) atoms. The zero-order valence-electron chi connectivity index (χ0n) is 18.8. The molecule has 1 aliphatic rings. The molecule has 0 fully saturated rings. The van der Waals surface area contributed by atoms with Crippen LogP contribution >= 0.6 is 23.0 Å². The van der Waals surface area contributed by atoms with E-state index >= 15 is 0 Å². The quantitative estimate of drug-likeness (QED) is 0.218. The minimum absolute atomic E-state index is 0.369. The Labute approximate surface area is 208 Å². The summed E-state index contributed by atoms with van der Waals surface area (Å²) in [7, 11) is -12.1. The summed E-state index contributed by atoms with van der Waals surface area (Å²) < 4.78 is 37.7. The van der Waals surface area contributed by atoms with Gasteiger partial charge in [0.25, 0.3) is 0 Å². The summed E-state index contributed by atoms with van der Waals surface area (Å²) in [6.07, 6.45) is 0.